The van der Waals surface area contributed by atoms with Gasteiger partial charge in [0.2, 0.25) is 0 Å². The van der Waals surface area contributed by atoms with Crippen LogP contribution in [0.2, 0.25) is 0 Å². The van der Waals surface area contributed by atoms with E-state index < -0.39 is 0 Å². The fourth-order valence-electron chi connectivity index (χ4n) is 4.06. The van der Waals surface area contributed by atoms with E-state index in [-0.39, 0.29) is 11.5 Å². The normalized spacial score (nSPS) is 11.2. The number of hydrogen-bond acceptors (Lipinski definition) is 4. The molecule has 0 aliphatic rings. The van der Waals surface area contributed by atoms with Crippen molar-refractivity contribution < 1.29 is 14.9 Å². The summed E-state index contributed by atoms with van der Waals surface area (Å²) in [7, 11) is 0. The van der Waals surface area contributed by atoms with E-state index in [1.807, 2.05) is 36.4 Å². The lowest BCUT2D eigenvalue weighted by molar-refractivity contribution is 0.223. The third kappa shape index (κ3) is 4.71. The minimum Gasteiger partial charge on any atom is -0.508 e. The van der Waals surface area contributed by atoms with Gasteiger partial charge in [0.05, 0.1) is 0 Å². The first-order chi connectivity index (χ1) is 15.6. The molecule has 0 fully saturated rings. The van der Waals surface area contributed by atoms with Crippen molar-refractivity contribution in [2.24, 2.45) is 0 Å². The standard InChI is InChI=1S/C28H29NO3/c1-3-29(4-2)17-18-32-25-13-7-21(8-14-25)28-26(20-5-10-23(30)11-6-20)15-9-22-19-24(31)12-16-27(22)28/h5-16,19,30-31H,3-4,17-18H2,1-2H3. The number of hydrogen-bond donors (Lipinski definition) is 2. The van der Waals surface area contributed by atoms with Gasteiger partial charge in [0.1, 0.15) is 23.9 Å². The van der Waals surface area contributed by atoms with Crippen LogP contribution in [0.4, 0.5) is 0 Å². The first-order valence-electron chi connectivity index (χ1n) is 11.1. The van der Waals surface area contributed by atoms with Crippen LogP contribution in [0.5, 0.6) is 17.2 Å². The zero-order valence-corrected chi connectivity index (χ0v) is 18.6. The van der Waals surface area contributed by atoms with E-state index in [1.54, 1.807) is 24.3 Å². The molecule has 0 saturated heterocycles. The van der Waals surface area contributed by atoms with E-state index in [0.29, 0.717) is 6.61 Å². The third-order valence-corrected chi connectivity index (χ3v) is 5.90. The van der Waals surface area contributed by atoms with Crippen LogP contribution in [0, 0.1) is 0 Å². The Morgan fingerprint density at radius 2 is 1.38 bits per heavy atom. The number of aromatic hydroxyl groups is 2. The number of phenolic OH excluding ortho intramolecular Hbond substituents is 2. The molecule has 0 saturated carbocycles. The van der Waals surface area contributed by atoms with Crippen molar-refractivity contribution in [2.75, 3.05) is 26.2 Å². The van der Waals surface area contributed by atoms with Crippen LogP contribution in [0.3, 0.4) is 0 Å². The molecule has 0 atom stereocenters. The molecule has 0 radical (unpaired) electrons. The molecule has 0 heterocycles. The Bertz CT molecular complexity index is 1180. The van der Waals surface area contributed by atoms with Gasteiger partial charge in [-0.15, -0.1) is 0 Å². The van der Waals surface area contributed by atoms with Crippen molar-refractivity contribution in [1.29, 1.82) is 0 Å². The Labute approximate surface area is 189 Å². The topological polar surface area (TPSA) is 52.9 Å². The minimum atomic E-state index is 0.243. The minimum absolute atomic E-state index is 0.243. The number of phenols is 2. The van der Waals surface area contributed by atoms with Gasteiger partial charge in [0.25, 0.3) is 0 Å². The zero-order valence-electron chi connectivity index (χ0n) is 18.6. The van der Waals surface area contributed by atoms with Gasteiger partial charge in [-0.05, 0) is 82.5 Å². The highest BCUT2D eigenvalue weighted by Gasteiger charge is 2.13. The SMILES string of the molecule is CCN(CC)CCOc1ccc(-c2c(-c3ccc(O)cc3)ccc3cc(O)ccc23)cc1. The van der Waals surface area contributed by atoms with E-state index in [9.17, 15) is 10.2 Å². The van der Waals surface area contributed by atoms with Gasteiger partial charge < -0.3 is 19.8 Å². The lowest BCUT2D eigenvalue weighted by Crippen LogP contribution is -2.27. The zero-order chi connectivity index (χ0) is 22.5. The summed E-state index contributed by atoms with van der Waals surface area (Å²) >= 11 is 0. The number of fused-ring (bicyclic) bond motifs is 1. The summed E-state index contributed by atoms with van der Waals surface area (Å²) in [5.41, 5.74) is 4.24. The average Bonchev–Trinajstić information content (AvgIpc) is 2.82. The summed E-state index contributed by atoms with van der Waals surface area (Å²) in [5.74, 6) is 1.34. The van der Waals surface area contributed by atoms with Gasteiger partial charge in [0, 0.05) is 6.54 Å². The van der Waals surface area contributed by atoms with Gasteiger partial charge >= 0.3 is 0 Å². The van der Waals surface area contributed by atoms with Gasteiger partial charge in [-0.3, -0.25) is 0 Å². The monoisotopic (exact) mass is 427 g/mol. The Hall–Kier alpha value is -3.50. The Morgan fingerprint density at radius 3 is 2.06 bits per heavy atom. The molecular weight excluding hydrogens is 398 g/mol. The molecule has 4 nitrogen and oxygen atoms in total. The second-order valence-corrected chi connectivity index (χ2v) is 7.84. The maximum Gasteiger partial charge on any atom is 0.119 e. The average molecular weight is 428 g/mol. The predicted octanol–water partition coefficient (Wildman–Crippen LogP) is 6.31. The predicted molar refractivity (Wildman–Crippen MR) is 131 cm³/mol. The Balaban J connectivity index is 1.70. The summed E-state index contributed by atoms with van der Waals surface area (Å²) in [6.45, 7) is 7.94. The molecule has 0 aliphatic carbocycles. The molecule has 2 N–H and O–H groups in total. The fourth-order valence-corrected chi connectivity index (χ4v) is 4.06. The van der Waals surface area contributed by atoms with Crippen LogP contribution in [0.25, 0.3) is 33.0 Å². The molecule has 164 valence electrons. The maximum absolute atomic E-state index is 9.95. The van der Waals surface area contributed by atoms with Gasteiger partial charge in [0.15, 0.2) is 0 Å². The highest BCUT2D eigenvalue weighted by molar-refractivity contribution is 6.04. The van der Waals surface area contributed by atoms with Crippen LogP contribution in [0.15, 0.2) is 78.9 Å². The van der Waals surface area contributed by atoms with Crippen molar-refractivity contribution in [3.05, 3.63) is 78.9 Å². The second kappa shape index (κ2) is 9.75. The molecule has 0 aliphatic heterocycles. The lowest BCUT2D eigenvalue weighted by atomic mass is 9.89. The number of likely N-dealkylation sites (N-methyl/N-ethyl adjacent to an activating group) is 1. The van der Waals surface area contributed by atoms with Gasteiger partial charge in [-0.25, -0.2) is 0 Å². The molecule has 0 aromatic heterocycles. The lowest BCUT2D eigenvalue weighted by Gasteiger charge is -2.18. The molecule has 4 aromatic rings. The molecule has 0 spiro atoms. The third-order valence-electron chi connectivity index (χ3n) is 5.90. The van der Waals surface area contributed by atoms with Gasteiger partial charge in [-0.1, -0.05) is 56.3 Å². The van der Waals surface area contributed by atoms with Crippen LogP contribution in [-0.2, 0) is 0 Å². The Kier molecular flexibility index (Phi) is 6.62. The largest absolute Gasteiger partial charge is 0.508 e. The highest BCUT2D eigenvalue weighted by Crippen LogP contribution is 2.39. The van der Waals surface area contributed by atoms with Crippen molar-refractivity contribution >= 4 is 10.8 Å². The second-order valence-electron chi connectivity index (χ2n) is 7.84. The number of rotatable bonds is 8. The van der Waals surface area contributed by atoms with E-state index in [2.05, 4.69) is 36.9 Å². The van der Waals surface area contributed by atoms with Crippen LogP contribution in [0.1, 0.15) is 13.8 Å². The molecule has 4 rings (SSSR count). The highest BCUT2D eigenvalue weighted by atomic mass is 16.5. The number of ether oxygens (including phenoxy) is 1. The number of nitrogens with zero attached hydrogens (tertiary/aromatic N) is 1. The maximum atomic E-state index is 9.95. The summed E-state index contributed by atoms with van der Waals surface area (Å²) in [6.07, 6.45) is 0. The summed E-state index contributed by atoms with van der Waals surface area (Å²) < 4.78 is 5.96. The van der Waals surface area contributed by atoms with Crippen molar-refractivity contribution in [1.82, 2.24) is 4.90 Å². The summed E-state index contributed by atoms with van der Waals surface area (Å²) in [4.78, 5) is 2.34. The fraction of sp³-hybridized carbons (Fsp3) is 0.214. The first kappa shape index (κ1) is 21.7. The van der Waals surface area contributed by atoms with Crippen molar-refractivity contribution in [3.8, 4) is 39.5 Å². The molecule has 0 unspecified atom stereocenters. The molecule has 32 heavy (non-hydrogen) atoms. The van der Waals surface area contributed by atoms with Crippen LogP contribution in [-0.4, -0.2) is 41.4 Å². The number of benzene rings is 4. The van der Waals surface area contributed by atoms with E-state index in [4.69, 9.17) is 4.74 Å². The molecule has 0 bridgehead atoms. The van der Waals surface area contributed by atoms with Crippen LogP contribution < -0.4 is 4.74 Å². The molecule has 4 aromatic carbocycles. The van der Waals surface area contributed by atoms with E-state index in [0.717, 1.165) is 58.4 Å². The van der Waals surface area contributed by atoms with Gasteiger partial charge in [-0.2, -0.15) is 0 Å². The van der Waals surface area contributed by atoms with E-state index >= 15 is 0 Å². The van der Waals surface area contributed by atoms with E-state index in [1.165, 1.54) is 0 Å². The summed E-state index contributed by atoms with van der Waals surface area (Å²) in [6, 6.07) is 25.0. The molecule has 0 amide bonds. The first-order valence-corrected chi connectivity index (χ1v) is 11.1. The smallest absolute Gasteiger partial charge is 0.119 e. The summed E-state index contributed by atoms with van der Waals surface area (Å²) in [5, 5.41) is 21.7. The van der Waals surface area contributed by atoms with Crippen molar-refractivity contribution in [3.63, 3.8) is 0 Å². The quantitative estimate of drug-likeness (QED) is 0.346. The van der Waals surface area contributed by atoms with Crippen LogP contribution >= 0.6 is 0 Å². The molecule has 4 heteroatoms. The molecular formula is C28H29NO3. The van der Waals surface area contributed by atoms with Crippen molar-refractivity contribution in [2.45, 2.75) is 13.8 Å². The Morgan fingerprint density at radius 1 is 0.719 bits per heavy atom.